The summed E-state index contributed by atoms with van der Waals surface area (Å²) in [6.07, 6.45) is 3.82. The molecule has 0 unspecified atom stereocenters. The highest BCUT2D eigenvalue weighted by Crippen LogP contribution is 2.19. The van der Waals surface area contributed by atoms with Gasteiger partial charge in [0.25, 0.3) is 11.8 Å². The summed E-state index contributed by atoms with van der Waals surface area (Å²) in [6.45, 7) is 7.10. The van der Waals surface area contributed by atoms with Crippen molar-refractivity contribution in [1.82, 2.24) is 19.8 Å². The molecular formula is C17H22N4O4. The number of carbonyl (C=O) groups is 2. The normalized spacial score (nSPS) is 17.8. The Morgan fingerprint density at radius 1 is 1.04 bits per heavy atom. The van der Waals surface area contributed by atoms with E-state index in [-0.39, 0.29) is 17.9 Å². The van der Waals surface area contributed by atoms with E-state index >= 15 is 0 Å². The topological polar surface area (TPSA) is 92.7 Å². The van der Waals surface area contributed by atoms with Crippen LogP contribution in [0.25, 0.3) is 0 Å². The Morgan fingerprint density at radius 3 is 2.12 bits per heavy atom. The Bertz CT molecular complexity index is 766. The van der Waals surface area contributed by atoms with Crippen LogP contribution in [0.5, 0.6) is 0 Å². The summed E-state index contributed by atoms with van der Waals surface area (Å²) >= 11 is 0. The molecular weight excluding hydrogens is 324 g/mol. The number of hydrogen-bond donors (Lipinski definition) is 0. The van der Waals surface area contributed by atoms with E-state index in [1.165, 1.54) is 12.8 Å². The van der Waals surface area contributed by atoms with Crippen LogP contribution in [0, 0.1) is 0 Å². The first-order valence-electron chi connectivity index (χ1n) is 8.51. The van der Waals surface area contributed by atoms with Crippen LogP contribution in [0.4, 0.5) is 0 Å². The average molecular weight is 346 g/mol. The van der Waals surface area contributed by atoms with E-state index in [1.54, 1.807) is 9.80 Å². The van der Waals surface area contributed by atoms with Crippen LogP contribution < -0.4 is 0 Å². The van der Waals surface area contributed by atoms with Gasteiger partial charge in [-0.15, -0.1) is 0 Å². The molecule has 2 amide bonds. The number of carbonyl (C=O) groups excluding carboxylic acids is 2. The van der Waals surface area contributed by atoms with Crippen molar-refractivity contribution in [3.63, 3.8) is 0 Å². The number of oxazole rings is 2. The highest BCUT2D eigenvalue weighted by Gasteiger charge is 2.33. The van der Waals surface area contributed by atoms with Crippen molar-refractivity contribution in [2.24, 2.45) is 0 Å². The fourth-order valence-electron chi connectivity index (χ4n) is 3.12. The minimum atomic E-state index is -0.153. The molecule has 1 aliphatic rings. The van der Waals surface area contributed by atoms with Crippen LogP contribution in [0.15, 0.2) is 21.6 Å². The van der Waals surface area contributed by atoms with Crippen molar-refractivity contribution in [2.45, 2.75) is 39.7 Å². The molecule has 25 heavy (non-hydrogen) atoms. The molecule has 2 aromatic heterocycles. The van der Waals surface area contributed by atoms with Crippen LogP contribution in [0.1, 0.15) is 53.3 Å². The lowest BCUT2D eigenvalue weighted by atomic mass is 10.1. The third-order valence-corrected chi connectivity index (χ3v) is 4.50. The average Bonchev–Trinajstić information content (AvgIpc) is 3.28. The van der Waals surface area contributed by atoms with Gasteiger partial charge in [0.05, 0.1) is 0 Å². The van der Waals surface area contributed by atoms with Gasteiger partial charge in [0.15, 0.2) is 24.2 Å². The summed E-state index contributed by atoms with van der Waals surface area (Å²) in [5.74, 6) is 0.873. The zero-order valence-electron chi connectivity index (χ0n) is 14.7. The van der Waals surface area contributed by atoms with E-state index in [1.807, 2.05) is 20.8 Å². The van der Waals surface area contributed by atoms with E-state index in [0.717, 1.165) is 0 Å². The van der Waals surface area contributed by atoms with Crippen molar-refractivity contribution >= 4 is 11.8 Å². The molecule has 3 rings (SSSR count). The van der Waals surface area contributed by atoms with E-state index in [4.69, 9.17) is 8.83 Å². The molecule has 0 N–H and O–H groups in total. The van der Waals surface area contributed by atoms with Crippen LogP contribution in [-0.4, -0.2) is 57.3 Å². The molecule has 8 heteroatoms. The third kappa shape index (κ3) is 3.16. The first kappa shape index (κ1) is 17.2. The van der Waals surface area contributed by atoms with Crippen LogP contribution in [0.3, 0.4) is 0 Å². The van der Waals surface area contributed by atoms with Crippen LogP contribution in [0.2, 0.25) is 0 Å². The summed E-state index contributed by atoms with van der Waals surface area (Å²) in [5.41, 5.74) is 0.721. The second-order valence-electron chi connectivity index (χ2n) is 6.05. The van der Waals surface area contributed by atoms with E-state index in [0.29, 0.717) is 55.4 Å². The third-order valence-electron chi connectivity index (χ3n) is 4.50. The Balaban J connectivity index is 1.70. The van der Waals surface area contributed by atoms with Crippen molar-refractivity contribution in [2.75, 3.05) is 19.6 Å². The maximum absolute atomic E-state index is 12.7. The maximum Gasteiger partial charge on any atom is 0.276 e. The Labute approximate surface area is 145 Å². The molecule has 1 aliphatic heterocycles. The second-order valence-corrected chi connectivity index (χ2v) is 6.05. The fraction of sp³-hybridized carbons (Fsp3) is 0.529. The summed E-state index contributed by atoms with van der Waals surface area (Å²) in [4.78, 5) is 36.9. The standard InChI is InChI=1S/C17H22N4O4/c1-4-12-14(18-9-24-12)16(22)20-6-7-21(11(3)8-20)17(23)15-13(5-2)25-10-19-15/h9-11H,4-8H2,1-3H3/t11-/m1/s1. The maximum atomic E-state index is 12.7. The number of aryl methyl sites for hydroxylation is 2. The monoisotopic (exact) mass is 346 g/mol. The summed E-state index contributed by atoms with van der Waals surface area (Å²) in [5, 5.41) is 0. The molecule has 8 nitrogen and oxygen atoms in total. The smallest absolute Gasteiger partial charge is 0.276 e. The fourth-order valence-corrected chi connectivity index (χ4v) is 3.12. The second kappa shape index (κ2) is 7.08. The number of hydrogen-bond acceptors (Lipinski definition) is 6. The lowest BCUT2D eigenvalue weighted by Gasteiger charge is -2.39. The minimum Gasteiger partial charge on any atom is -0.448 e. The van der Waals surface area contributed by atoms with Gasteiger partial charge in [-0.3, -0.25) is 9.59 Å². The lowest BCUT2D eigenvalue weighted by molar-refractivity contribution is 0.0406. The molecule has 0 aromatic carbocycles. The summed E-state index contributed by atoms with van der Waals surface area (Å²) < 4.78 is 10.5. The lowest BCUT2D eigenvalue weighted by Crippen LogP contribution is -2.55. The minimum absolute atomic E-state index is 0.122. The Morgan fingerprint density at radius 2 is 1.60 bits per heavy atom. The summed E-state index contributed by atoms with van der Waals surface area (Å²) in [6, 6.07) is -0.122. The van der Waals surface area contributed by atoms with Gasteiger partial charge in [0.1, 0.15) is 11.5 Å². The van der Waals surface area contributed by atoms with Crippen molar-refractivity contribution < 1.29 is 18.4 Å². The van der Waals surface area contributed by atoms with Crippen LogP contribution in [-0.2, 0) is 12.8 Å². The van der Waals surface area contributed by atoms with Gasteiger partial charge in [-0.1, -0.05) is 13.8 Å². The van der Waals surface area contributed by atoms with Crippen LogP contribution >= 0.6 is 0 Å². The number of amides is 2. The van der Waals surface area contributed by atoms with E-state index in [9.17, 15) is 9.59 Å². The van der Waals surface area contributed by atoms with Crippen molar-refractivity contribution in [3.8, 4) is 0 Å². The zero-order chi connectivity index (χ0) is 18.0. The van der Waals surface area contributed by atoms with Gasteiger partial charge in [-0.05, 0) is 6.92 Å². The first-order chi connectivity index (χ1) is 12.1. The molecule has 1 fully saturated rings. The number of aromatic nitrogens is 2. The predicted octanol–water partition coefficient (Wildman–Crippen LogP) is 1.77. The van der Waals surface area contributed by atoms with Gasteiger partial charge in [-0.2, -0.15) is 0 Å². The number of nitrogens with zero attached hydrogens (tertiary/aromatic N) is 4. The van der Waals surface area contributed by atoms with Gasteiger partial charge < -0.3 is 18.6 Å². The molecule has 1 saturated heterocycles. The Hall–Kier alpha value is -2.64. The largest absolute Gasteiger partial charge is 0.448 e. The quantitative estimate of drug-likeness (QED) is 0.838. The van der Waals surface area contributed by atoms with Gasteiger partial charge in [0.2, 0.25) is 0 Å². The molecule has 2 aromatic rings. The highest BCUT2D eigenvalue weighted by molar-refractivity contribution is 5.95. The number of piperazine rings is 1. The molecule has 1 atom stereocenters. The number of rotatable bonds is 4. The SMILES string of the molecule is CCc1ocnc1C(=O)N1CCN(C(=O)c2ncoc2CC)[C@H](C)C1. The summed E-state index contributed by atoms with van der Waals surface area (Å²) in [7, 11) is 0. The van der Waals surface area contributed by atoms with Crippen molar-refractivity contribution in [1.29, 1.82) is 0 Å². The van der Waals surface area contributed by atoms with Gasteiger partial charge in [0, 0.05) is 38.5 Å². The highest BCUT2D eigenvalue weighted by atomic mass is 16.3. The molecule has 3 heterocycles. The Kier molecular flexibility index (Phi) is 4.87. The molecule has 134 valence electrons. The van der Waals surface area contributed by atoms with Crippen molar-refractivity contribution in [3.05, 3.63) is 35.7 Å². The zero-order valence-corrected chi connectivity index (χ0v) is 14.7. The molecule has 0 aliphatic carbocycles. The van der Waals surface area contributed by atoms with Gasteiger partial charge >= 0.3 is 0 Å². The molecule has 0 saturated carbocycles. The van der Waals surface area contributed by atoms with E-state index < -0.39 is 0 Å². The molecule has 0 spiro atoms. The first-order valence-corrected chi connectivity index (χ1v) is 8.51. The van der Waals surface area contributed by atoms with Gasteiger partial charge in [-0.25, -0.2) is 9.97 Å². The molecule has 0 bridgehead atoms. The predicted molar refractivity (Wildman–Crippen MR) is 88.2 cm³/mol. The van der Waals surface area contributed by atoms with E-state index in [2.05, 4.69) is 9.97 Å². The molecule has 0 radical (unpaired) electrons.